The lowest BCUT2D eigenvalue weighted by Gasteiger charge is -2.09. The number of fused-ring (bicyclic) bond motifs is 1. The van der Waals surface area contributed by atoms with Gasteiger partial charge in [-0.15, -0.1) is 0 Å². The van der Waals surface area contributed by atoms with E-state index in [4.69, 9.17) is 0 Å². The summed E-state index contributed by atoms with van der Waals surface area (Å²) in [5.74, 6) is -0.236. The molecule has 0 atom stereocenters. The van der Waals surface area contributed by atoms with Crippen LogP contribution in [0.2, 0.25) is 0 Å². The zero-order chi connectivity index (χ0) is 16.4. The summed E-state index contributed by atoms with van der Waals surface area (Å²) in [6.45, 7) is 2.36. The van der Waals surface area contributed by atoms with Crippen molar-refractivity contribution in [3.63, 3.8) is 0 Å². The van der Waals surface area contributed by atoms with Crippen LogP contribution >= 0.6 is 0 Å². The van der Waals surface area contributed by atoms with E-state index in [-0.39, 0.29) is 18.0 Å². The predicted octanol–water partition coefficient (Wildman–Crippen LogP) is 0.755. The Hall–Kier alpha value is -2.96. The molecule has 0 aliphatic carbocycles. The summed E-state index contributed by atoms with van der Waals surface area (Å²) in [4.78, 5) is 28.5. The van der Waals surface area contributed by atoms with Gasteiger partial charge in [0, 0.05) is 13.6 Å². The first kappa shape index (κ1) is 15.0. The zero-order valence-corrected chi connectivity index (χ0v) is 13.0. The van der Waals surface area contributed by atoms with Gasteiger partial charge < -0.3 is 5.32 Å². The molecule has 0 radical (unpaired) electrons. The highest BCUT2D eigenvalue weighted by Gasteiger charge is 2.10. The molecule has 2 heterocycles. The predicted molar refractivity (Wildman–Crippen MR) is 85.8 cm³/mol. The number of nitrogens with zero attached hydrogens (tertiary/aromatic N) is 4. The average Bonchev–Trinajstić information content (AvgIpc) is 2.91. The zero-order valence-electron chi connectivity index (χ0n) is 13.0. The Morgan fingerprint density at radius 2 is 2.09 bits per heavy atom. The van der Waals surface area contributed by atoms with Crippen molar-refractivity contribution >= 4 is 16.9 Å². The van der Waals surface area contributed by atoms with Gasteiger partial charge in [0.2, 0.25) is 5.91 Å². The number of benzene rings is 1. The van der Waals surface area contributed by atoms with E-state index in [1.165, 1.54) is 21.8 Å². The summed E-state index contributed by atoms with van der Waals surface area (Å²) in [5.41, 5.74) is 2.40. The Morgan fingerprint density at radius 1 is 1.30 bits per heavy atom. The normalized spacial score (nSPS) is 10.9. The summed E-state index contributed by atoms with van der Waals surface area (Å²) >= 11 is 0. The van der Waals surface area contributed by atoms with Gasteiger partial charge in [-0.2, -0.15) is 5.10 Å². The molecule has 0 fully saturated rings. The lowest BCUT2D eigenvalue weighted by molar-refractivity contribution is -0.121. The van der Waals surface area contributed by atoms with Gasteiger partial charge in [0.25, 0.3) is 5.56 Å². The van der Waals surface area contributed by atoms with Crippen LogP contribution in [-0.4, -0.2) is 25.2 Å². The Morgan fingerprint density at radius 3 is 2.87 bits per heavy atom. The first-order valence-electron chi connectivity index (χ1n) is 7.24. The van der Waals surface area contributed by atoms with E-state index in [1.807, 2.05) is 31.2 Å². The topological polar surface area (TPSA) is 81.8 Å². The van der Waals surface area contributed by atoms with Crippen LogP contribution in [0.4, 0.5) is 0 Å². The molecule has 0 saturated carbocycles. The first-order chi connectivity index (χ1) is 11.1. The van der Waals surface area contributed by atoms with Gasteiger partial charge in [-0.3, -0.25) is 18.8 Å². The average molecular weight is 311 g/mol. The fraction of sp³-hybridized carbons (Fsp3) is 0.250. The molecule has 118 valence electrons. The Bertz CT molecular complexity index is 926. The van der Waals surface area contributed by atoms with Crippen LogP contribution in [0.3, 0.4) is 0 Å². The summed E-state index contributed by atoms with van der Waals surface area (Å²) in [6, 6.07) is 7.84. The van der Waals surface area contributed by atoms with E-state index >= 15 is 0 Å². The van der Waals surface area contributed by atoms with Crippen molar-refractivity contribution in [1.82, 2.24) is 24.6 Å². The number of carbonyl (C=O) groups excluding carboxylic acids is 1. The number of rotatable bonds is 4. The molecule has 1 aromatic carbocycles. The van der Waals surface area contributed by atoms with Crippen LogP contribution in [0.15, 0.2) is 41.6 Å². The number of nitrogens with one attached hydrogen (secondary N) is 1. The van der Waals surface area contributed by atoms with E-state index in [0.717, 1.165) is 11.1 Å². The second-order valence-electron chi connectivity index (χ2n) is 5.39. The van der Waals surface area contributed by atoms with E-state index in [1.54, 1.807) is 7.05 Å². The highest BCUT2D eigenvalue weighted by Crippen LogP contribution is 2.06. The van der Waals surface area contributed by atoms with E-state index in [0.29, 0.717) is 17.6 Å². The van der Waals surface area contributed by atoms with Crippen LogP contribution in [0.25, 0.3) is 11.0 Å². The second kappa shape index (κ2) is 6.04. The molecule has 0 saturated heterocycles. The molecule has 1 N–H and O–H groups in total. The minimum atomic E-state index is -0.269. The van der Waals surface area contributed by atoms with Crippen molar-refractivity contribution in [2.75, 3.05) is 0 Å². The first-order valence-corrected chi connectivity index (χ1v) is 7.24. The lowest BCUT2D eigenvalue weighted by Crippen LogP contribution is -2.32. The fourth-order valence-corrected chi connectivity index (χ4v) is 2.39. The molecular formula is C16H17N5O2. The molecule has 2 aromatic heterocycles. The number of amides is 1. The van der Waals surface area contributed by atoms with Crippen LogP contribution in [0.5, 0.6) is 0 Å². The van der Waals surface area contributed by atoms with Gasteiger partial charge in [0.15, 0.2) is 5.65 Å². The highest BCUT2D eigenvalue weighted by atomic mass is 16.2. The largest absolute Gasteiger partial charge is 0.350 e. The molecule has 0 aliphatic heterocycles. The minimum Gasteiger partial charge on any atom is -0.350 e. The maximum absolute atomic E-state index is 12.3. The van der Waals surface area contributed by atoms with E-state index in [2.05, 4.69) is 15.4 Å². The quantitative estimate of drug-likeness (QED) is 0.771. The van der Waals surface area contributed by atoms with Gasteiger partial charge in [-0.25, -0.2) is 4.98 Å². The van der Waals surface area contributed by atoms with Crippen LogP contribution in [0.1, 0.15) is 11.1 Å². The van der Waals surface area contributed by atoms with Gasteiger partial charge >= 0.3 is 0 Å². The van der Waals surface area contributed by atoms with Crippen molar-refractivity contribution in [1.29, 1.82) is 0 Å². The third-order valence-corrected chi connectivity index (χ3v) is 3.77. The van der Waals surface area contributed by atoms with Gasteiger partial charge in [0.1, 0.15) is 18.3 Å². The van der Waals surface area contributed by atoms with Crippen molar-refractivity contribution in [3.8, 4) is 0 Å². The van der Waals surface area contributed by atoms with Crippen molar-refractivity contribution in [2.24, 2.45) is 7.05 Å². The van der Waals surface area contributed by atoms with Gasteiger partial charge in [-0.1, -0.05) is 24.3 Å². The van der Waals surface area contributed by atoms with Gasteiger partial charge in [0.05, 0.1) is 6.20 Å². The molecule has 0 aliphatic rings. The third kappa shape index (κ3) is 2.98. The molecule has 7 heteroatoms. The summed E-state index contributed by atoms with van der Waals surface area (Å²) < 4.78 is 2.82. The SMILES string of the molecule is Cc1ccccc1CNC(=O)Cn1cnc2c(cnn2C)c1=O. The summed E-state index contributed by atoms with van der Waals surface area (Å²) in [6.07, 6.45) is 2.84. The Labute approximate surface area is 132 Å². The monoisotopic (exact) mass is 311 g/mol. The van der Waals surface area contributed by atoms with Crippen molar-refractivity contribution < 1.29 is 4.79 Å². The van der Waals surface area contributed by atoms with Crippen molar-refractivity contribution in [3.05, 3.63) is 58.3 Å². The van der Waals surface area contributed by atoms with Crippen LogP contribution in [-0.2, 0) is 24.9 Å². The van der Waals surface area contributed by atoms with Crippen molar-refractivity contribution in [2.45, 2.75) is 20.0 Å². The summed E-state index contributed by atoms with van der Waals surface area (Å²) in [7, 11) is 1.72. The molecule has 7 nitrogen and oxygen atoms in total. The molecule has 3 aromatic rings. The molecule has 1 amide bonds. The minimum absolute atomic E-state index is 0.0669. The number of carbonyl (C=O) groups is 1. The molecule has 3 rings (SSSR count). The molecule has 0 bridgehead atoms. The fourth-order valence-electron chi connectivity index (χ4n) is 2.39. The smallest absolute Gasteiger partial charge is 0.264 e. The molecular weight excluding hydrogens is 294 g/mol. The van der Waals surface area contributed by atoms with Gasteiger partial charge in [-0.05, 0) is 18.1 Å². The van der Waals surface area contributed by atoms with E-state index in [9.17, 15) is 9.59 Å². The molecule has 0 unspecified atom stereocenters. The van der Waals surface area contributed by atoms with E-state index < -0.39 is 0 Å². The third-order valence-electron chi connectivity index (χ3n) is 3.77. The standard InChI is InChI=1S/C16H17N5O2/c1-11-5-3-4-6-12(11)7-17-14(22)9-21-10-18-15-13(16(21)23)8-19-20(15)2/h3-6,8,10H,7,9H2,1-2H3,(H,17,22). The Kier molecular flexibility index (Phi) is 3.92. The maximum Gasteiger partial charge on any atom is 0.264 e. The number of aryl methyl sites for hydroxylation is 2. The van der Waals surface area contributed by atoms with Crippen LogP contribution < -0.4 is 10.9 Å². The number of hydrogen-bond donors (Lipinski definition) is 1. The molecule has 23 heavy (non-hydrogen) atoms. The Balaban J connectivity index is 1.72. The summed E-state index contributed by atoms with van der Waals surface area (Å²) in [5, 5.41) is 7.23. The highest BCUT2D eigenvalue weighted by molar-refractivity contribution is 5.77. The number of aromatic nitrogens is 4. The lowest BCUT2D eigenvalue weighted by atomic mass is 10.1. The van der Waals surface area contributed by atoms with Crippen LogP contribution in [0, 0.1) is 6.92 Å². The second-order valence-corrected chi connectivity index (χ2v) is 5.39. The maximum atomic E-state index is 12.3. The number of hydrogen-bond acceptors (Lipinski definition) is 4. The molecule has 0 spiro atoms.